The molecule has 2 N–H and O–H groups in total. The molecular weight excluding hydrogens is 351 g/mol. The van der Waals surface area contributed by atoms with E-state index in [9.17, 15) is 24.9 Å². The number of benzene rings is 2. The number of hydrogen-bond acceptors (Lipinski definition) is 6. The van der Waals surface area contributed by atoms with Gasteiger partial charge in [-0.05, 0) is 18.2 Å². The first-order valence-corrected chi connectivity index (χ1v) is 7.21. The molecule has 1 heterocycles. The SMILES string of the molecule is N#Cc1cnc2c(O)cc([N+](=O)[O-])cc2c1Nc1ccc(F)c(Cl)c1. The molecule has 0 saturated heterocycles. The molecule has 2 aromatic carbocycles. The van der Waals surface area contributed by atoms with Gasteiger partial charge in [-0.25, -0.2) is 4.39 Å². The number of phenolic OH excluding ortho intramolecular Hbond substituents is 1. The van der Waals surface area contributed by atoms with Crippen molar-refractivity contribution in [3.8, 4) is 11.8 Å². The summed E-state index contributed by atoms with van der Waals surface area (Å²) in [6.07, 6.45) is 1.22. The topological polar surface area (TPSA) is 112 Å². The van der Waals surface area contributed by atoms with Crippen LogP contribution in [-0.4, -0.2) is 15.0 Å². The summed E-state index contributed by atoms with van der Waals surface area (Å²) in [6, 6.07) is 7.92. The van der Waals surface area contributed by atoms with Crippen molar-refractivity contribution in [3.05, 3.63) is 63.0 Å². The molecule has 0 bridgehead atoms. The molecule has 3 aromatic rings. The molecule has 0 aliphatic heterocycles. The molecular formula is C16H8ClFN4O3. The Morgan fingerprint density at radius 2 is 2.12 bits per heavy atom. The van der Waals surface area contributed by atoms with E-state index in [0.29, 0.717) is 5.69 Å². The van der Waals surface area contributed by atoms with Crippen LogP contribution in [0.25, 0.3) is 10.9 Å². The summed E-state index contributed by atoms with van der Waals surface area (Å²) in [5.74, 6) is -1.01. The van der Waals surface area contributed by atoms with Gasteiger partial charge in [-0.3, -0.25) is 15.1 Å². The summed E-state index contributed by atoms with van der Waals surface area (Å²) in [7, 11) is 0. The van der Waals surface area contributed by atoms with E-state index in [1.165, 1.54) is 24.4 Å². The van der Waals surface area contributed by atoms with Gasteiger partial charge < -0.3 is 10.4 Å². The van der Waals surface area contributed by atoms with E-state index in [0.717, 1.165) is 12.1 Å². The third-order valence-corrected chi connectivity index (χ3v) is 3.75. The highest BCUT2D eigenvalue weighted by Crippen LogP contribution is 2.36. The number of halogens is 2. The molecule has 7 nitrogen and oxygen atoms in total. The lowest BCUT2D eigenvalue weighted by Gasteiger charge is -2.12. The number of nitriles is 1. The number of pyridine rings is 1. The molecule has 0 amide bonds. The number of non-ortho nitro benzene ring substituents is 1. The number of aromatic nitrogens is 1. The fourth-order valence-corrected chi connectivity index (χ4v) is 2.49. The molecule has 0 fully saturated rings. The van der Waals surface area contributed by atoms with E-state index < -0.39 is 16.5 Å². The first-order chi connectivity index (χ1) is 11.9. The minimum absolute atomic E-state index is 0.0836. The van der Waals surface area contributed by atoms with Crippen molar-refractivity contribution < 1.29 is 14.4 Å². The second kappa shape index (κ2) is 6.22. The van der Waals surface area contributed by atoms with Crippen LogP contribution in [0.1, 0.15) is 5.56 Å². The number of phenols is 1. The average molecular weight is 359 g/mol. The number of rotatable bonds is 3. The smallest absolute Gasteiger partial charge is 0.273 e. The second-order valence-corrected chi connectivity index (χ2v) is 5.44. The van der Waals surface area contributed by atoms with Gasteiger partial charge >= 0.3 is 0 Å². The minimum Gasteiger partial charge on any atom is -0.505 e. The van der Waals surface area contributed by atoms with E-state index in [2.05, 4.69) is 10.3 Å². The van der Waals surface area contributed by atoms with Crippen LogP contribution in [-0.2, 0) is 0 Å². The Balaban J connectivity index is 2.25. The number of nitro benzene ring substituents is 1. The van der Waals surface area contributed by atoms with E-state index in [-0.39, 0.29) is 32.9 Å². The van der Waals surface area contributed by atoms with Crippen LogP contribution >= 0.6 is 11.6 Å². The van der Waals surface area contributed by atoms with Gasteiger partial charge in [-0.1, -0.05) is 11.6 Å². The van der Waals surface area contributed by atoms with E-state index in [4.69, 9.17) is 11.6 Å². The van der Waals surface area contributed by atoms with Gasteiger partial charge in [0.2, 0.25) is 0 Å². The summed E-state index contributed by atoms with van der Waals surface area (Å²) in [5.41, 5.74) is 0.366. The Kier molecular flexibility index (Phi) is 4.09. The normalized spacial score (nSPS) is 10.4. The van der Waals surface area contributed by atoms with Gasteiger partial charge in [-0.2, -0.15) is 5.26 Å². The zero-order valence-corrected chi connectivity index (χ0v) is 13.1. The highest BCUT2D eigenvalue weighted by atomic mass is 35.5. The maximum Gasteiger partial charge on any atom is 0.273 e. The third kappa shape index (κ3) is 3.00. The van der Waals surface area contributed by atoms with Crippen LogP contribution in [0.3, 0.4) is 0 Å². The number of nitrogens with zero attached hydrogens (tertiary/aromatic N) is 3. The van der Waals surface area contributed by atoms with Crippen LogP contribution in [0.5, 0.6) is 5.75 Å². The minimum atomic E-state index is -0.670. The molecule has 1 aromatic heterocycles. The van der Waals surface area contributed by atoms with Crippen molar-refractivity contribution >= 4 is 39.6 Å². The zero-order chi connectivity index (χ0) is 18.1. The predicted molar refractivity (Wildman–Crippen MR) is 89.5 cm³/mol. The maximum atomic E-state index is 13.3. The van der Waals surface area contributed by atoms with Gasteiger partial charge in [-0.15, -0.1) is 0 Å². The van der Waals surface area contributed by atoms with Crippen LogP contribution in [0, 0.1) is 27.3 Å². The highest BCUT2D eigenvalue weighted by Gasteiger charge is 2.17. The number of hydrogen-bond donors (Lipinski definition) is 2. The van der Waals surface area contributed by atoms with Crippen molar-refractivity contribution in [3.63, 3.8) is 0 Å². The Labute approximate surface area is 145 Å². The van der Waals surface area contributed by atoms with Gasteiger partial charge in [0.1, 0.15) is 23.2 Å². The molecule has 0 aliphatic carbocycles. The summed E-state index contributed by atoms with van der Waals surface area (Å²) < 4.78 is 13.3. The van der Waals surface area contributed by atoms with Gasteiger partial charge in [0.05, 0.1) is 27.3 Å². The summed E-state index contributed by atoms with van der Waals surface area (Å²) in [5, 5.41) is 33.2. The fraction of sp³-hybridized carbons (Fsp3) is 0. The highest BCUT2D eigenvalue weighted by molar-refractivity contribution is 6.31. The number of fused-ring (bicyclic) bond motifs is 1. The molecule has 0 aliphatic rings. The molecule has 124 valence electrons. The van der Waals surface area contributed by atoms with Crippen LogP contribution < -0.4 is 5.32 Å². The molecule has 3 rings (SSSR count). The van der Waals surface area contributed by atoms with Gasteiger partial charge in [0, 0.05) is 23.3 Å². The van der Waals surface area contributed by atoms with Crippen molar-refractivity contribution in [2.24, 2.45) is 0 Å². The van der Waals surface area contributed by atoms with Crippen LogP contribution in [0.4, 0.5) is 21.5 Å². The first-order valence-electron chi connectivity index (χ1n) is 6.83. The molecule has 0 spiro atoms. The number of nitrogens with one attached hydrogen (secondary N) is 1. The Morgan fingerprint density at radius 1 is 1.36 bits per heavy atom. The Morgan fingerprint density at radius 3 is 2.76 bits per heavy atom. The number of anilines is 2. The number of aromatic hydroxyl groups is 1. The standard InChI is InChI=1S/C16H8ClFN4O3/c17-12-3-9(1-2-13(12)18)21-15-8(6-19)7-20-16-11(15)4-10(22(24)25)5-14(16)23/h1-5,7,23H,(H,20,21). The number of nitro groups is 1. The predicted octanol–water partition coefficient (Wildman–Crippen LogP) is 4.26. The monoisotopic (exact) mass is 358 g/mol. The quantitative estimate of drug-likeness (QED) is 0.534. The summed E-state index contributed by atoms with van der Waals surface area (Å²) >= 11 is 5.74. The Bertz CT molecular complexity index is 1070. The maximum absolute atomic E-state index is 13.3. The van der Waals surface area contributed by atoms with Gasteiger partial charge in [0.25, 0.3) is 5.69 Å². The summed E-state index contributed by atoms with van der Waals surface area (Å²) in [4.78, 5) is 14.3. The lowest BCUT2D eigenvalue weighted by Crippen LogP contribution is -1.98. The largest absolute Gasteiger partial charge is 0.505 e. The van der Waals surface area contributed by atoms with Crippen LogP contribution in [0.2, 0.25) is 5.02 Å². The molecule has 0 atom stereocenters. The van der Waals surface area contributed by atoms with Crippen molar-refractivity contribution in [2.75, 3.05) is 5.32 Å². The molecule has 0 unspecified atom stereocenters. The van der Waals surface area contributed by atoms with Crippen molar-refractivity contribution in [1.29, 1.82) is 5.26 Å². The fourth-order valence-electron chi connectivity index (χ4n) is 2.31. The average Bonchev–Trinajstić information content (AvgIpc) is 2.58. The lowest BCUT2D eigenvalue weighted by atomic mass is 10.1. The third-order valence-electron chi connectivity index (χ3n) is 3.46. The van der Waals surface area contributed by atoms with Crippen LogP contribution in [0.15, 0.2) is 36.5 Å². The van der Waals surface area contributed by atoms with E-state index in [1.54, 1.807) is 0 Å². The van der Waals surface area contributed by atoms with Crippen molar-refractivity contribution in [1.82, 2.24) is 4.98 Å². The molecule has 0 saturated carbocycles. The van der Waals surface area contributed by atoms with Crippen molar-refractivity contribution in [2.45, 2.75) is 0 Å². The van der Waals surface area contributed by atoms with E-state index in [1.807, 2.05) is 6.07 Å². The molecule has 25 heavy (non-hydrogen) atoms. The molecule has 9 heteroatoms. The second-order valence-electron chi connectivity index (χ2n) is 5.03. The van der Waals surface area contributed by atoms with Gasteiger partial charge in [0.15, 0.2) is 0 Å². The zero-order valence-electron chi connectivity index (χ0n) is 12.3. The first kappa shape index (κ1) is 16.4. The molecule has 0 radical (unpaired) electrons. The summed E-state index contributed by atoms with van der Waals surface area (Å²) in [6.45, 7) is 0. The lowest BCUT2D eigenvalue weighted by molar-refractivity contribution is -0.384. The van der Waals surface area contributed by atoms with E-state index >= 15 is 0 Å². The Hall–Kier alpha value is -3.44.